The van der Waals surface area contributed by atoms with Crippen molar-refractivity contribution in [1.82, 2.24) is 15.5 Å². The molecule has 3 rings (SSSR count). The lowest BCUT2D eigenvalue weighted by atomic mass is 9.94. The van der Waals surface area contributed by atoms with Gasteiger partial charge in [-0.2, -0.15) is 16.3 Å². The molecule has 2 aromatic rings. The Morgan fingerprint density at radius 3 is 2.83 bits per heavy atom. The van der Waals surface area contributed by atoms with Crippen molar-refractivity contribution in [2.24, 2.45) is 0 Å². The Bertz CT molecular complexity index is 646. The molecule has 2 N–H and O–H groups in total. The SMILES string of the molecule is O=C(CCc1nc(-c2ccsc2)no1)NCC1(O)CCCCCC1. The van der Waals surface area contributed by atoms with E-state index in [9.17, 15) is 9.90 Å². The highest BCUT2D eigenvalue weighted by atomic mass is 32.1. The lowest BCUT2D eigenvalue weighted by Gasteiger charge is -2.26. The second-order valence-electron chi connectivity index (χ2n) is 6.44. The molecular formula is C17H23N3O3S. The van der Waals surface area contributed by atoms with Gasteiger partial charge in [-0.25, -0.2) is 0 Å². The molecule has 1 aliphatic carbocycles. The van der Waals surface area contributed by atoms with Crippen LogP contribution >= 0.6 is 11.3 Å². The van der Waals surface area contributed by atoms with Crippen LogP contribution in [0.2, 0.25) is 0 Å². The molecule has 1 fully saturated rings. The average Bonchev–Trinajstić information content (AvgIpc) is 3.21. The van der Waals surface area contributed by atoms with Gasteiger partial charge in [0.2, 0.25) is 17.6 Å². The van der Waals surface area contributed by atoms with Crippen molar-refractivity contribution in [3.8, 4) is 11.4 Å². The number of hydrogen-bond acceptors (Lipinski definition) is 6. The van der Waals surface area contributed by atoms with Gasteiger partial charge in [-0.1, -0.05) is 30.8 Å². The number of aromatic nitrogens is 2. The van der Waals surface area contributed by atoms with Gasteiger partial charge in [-0.05, 0) is 24.3 Å². The number of hydrogen-bond donors (Lipinski definition) is 2. The third kappa shape index (κ3) is 4.64. The second kappa shape index (κ2) is 7.90. The Morgan fingerprint density at radius 2 is 2.12 bits per heavy atom. The number of nitrogens with one attached hydrogen (secondary N) is 1. The average molecular weight is 349 g/mol. The van der Waals surface area contributed by atoms with Crippen LogP contribution in [0.15, 0.2) is 21.3 Å². The maximum absolute atomic E-state index is 12.0. The Kier molecular flexibility index (Phi) is 5.63. The molecule has 1 saturated carbocycles. The number of nitrogens with zero attached hydrogens (tertiary/aromatic N) is 2. The number of thiophene rings is 1. The fraction of sp³-hybridized carbons (Fsp3) is 0.588. The number of aliphatic hydroxyl groups is 1. The topological polar surface area (TPSA) is 88.2 Å². The van der Waals surface area contributed by atoms with E-state index in [2.05, 4.69) is 15.5 Å². The van der Waals surface area contributed by atoms with Gasteiger partial charge in [0.25, 0.3) is 0 Å². The molecule has 0 spiro atoms. The van der Waals surface area contributed by atoms with Crippen LogP contribution < -0.4 is 5.32 Å². The highest BCUT2D eigenvalue weighted by Crippen LogP contribution is 2.26. The minimum atomic E-state index is -0.747. The molecule has 0 bridgehead atoms. The predicted octanol–water partition coefficient (Wildman–Crippen LogP) is 2.93. The van der Waals surface area contributed by atoms with Gasteiger partial charge in [0.1, 0.15) is 0 Å². The van der Waals surface area contributed by atoms with E-state index in [0.29, 0.717) is 24.7 Å². The van der Waals surface area contributed by atoms with Crippen LogP contribution in [0.3, 0.4) is 0 Å². The van der Waals surface area contributed by atoms with E-state index in [-0.39, 0.29) is 12.3 Å². The molecule has 0 aliphatic heterocycles. The first-order chi connectivity index (χ1) is 11.6. The maximum Gasteiger partial charge on any atom is 0.227 e. The lowest BCUT2D eigenvalue weighted by molar-refractivity contribution is -0.122. The fourth-order valence-electron chi connectivity index (χ4n) is 3.00. The number of aryl methyl sites for hydroxylation is 1. The molecule has 0 aromatic carbocycles. The van der Waals surface area contributed by atoms with Crippen molar-refractivity contribution in [1.29, 1.82) is 0 Å². The molecule has 1 amide bonds. The lowest BCUT2D eigenvalue weighted by Crippen LogP contribution is -2.42. The molecule has 24 heavy (non-hydrogen) atoms. The van der Waals surface area contributed by atoms with Gasteiger partial charge < -0.3 is 14.9 Å². The summed E-state index contributed by atoms with van der Waals surface area (Å²) in [5, 5.41) is 21.2. The van der Waals surface area contributed by atoms with Gasteiger partial charge >= 0.3 is 0 Å². The number of rotatable bonds is 6. The van der Waals surface area contributed by atoms with Crippen LogP contribution in [0.1, 0.15) is 50.8 Å². The Labute approximate surface area is 145 Å². The van der Waals surface area contributed by atoms with E-state index in [1.165, 1.54) is 12.8 Å². The third-order valence-electron chi connectivity index (χ3n) is 4.46. The Hall–Kier alpha value is -1.73. The Morgan fingerprint density at radius 1 is 1.33 bits per heavy atom. The van der Waals surface area contributed by atoms with E-state index < -0.39 is 5.60 Å². The standard InChI is InChI=1S/C17H23N3O3S/c21-14(18-12-17(22)8-3-1-2-4-9-17)5-6-15-19-16(20-23-15)13-7-10-24-11-13/h7,10-11,22H,1-6,8-9,12H2,(H,18,21). The molecule has 2 aromatic heterocycles. The molecule has 7 heteroatoms. The van der Waals surface area contributed by atoms with Crippen molar-refractivity contribution in [3.05, 3.63) is 22.7 Å². The van der Waals surface area contributed by atoms with Gasteiger partial charge in [0, 0.05) is 30.3 Å². The van der Waals surface area contributed by atoms with Crippen molar-refractivity contribution in [3.63, 3.8) is 0 Å². The number of amides is 1. The second-order valence-corrected chi connectivity index (χ2v) is 7.22. The zero-order valence-electron chi connectivity index (χ0n) is 13.7. The zero-order valence-corrected chi connectivity index (χ0v) is 14.5. The van der Waals surface area contributed by atoms with Crippen LogP contribution in [-0.4, -0.2) is 33.3 Å². The van der Waals surface area contributed by atoms with Crippen LogP contribution in [0, 0.1) is 0 Å². The molecule has 0 radical (unpaired) electrons. The normalized spacial score (nSPS) is 17.4. The monoisotopic (exact) mass is 349 g/mol. The summed E-state index contributed by atoms with van der Waals surface area (Å²) in [6.45, 7) is 0.329. The van der Waals surface area contributed by atoms with Gasteiger partial charge in [-0.15, -0.1) is 0 Å². The first-order valence-corrected chi connectivity index (χ1v) is 9.43. The minimum absolute atomic E-state index is 0.0945. The summed E-state index contributed by atoms with van der Waals surface area (Å²) in [5.74, 6) is 0.918. The van der Waals surface area contributed by atoms with Gasteiger partial charge in [0.05, 0.1) is 5.60 Å². The van der Waals surface area contributed by atoms with E-state index >= 15 is 0 Å². The summed E-state index contributed by atoms with van der Waals surface area (Å²) in [6, 6.07) is 1.93. The summed E-state index contributed by atoms with van der Waals surface area (Å²) in [7, 11) is 0. The van der Waals surface area contributed by atoms with Crippen molar-refractivity contribution in [2.45, 2.75) is 57.0 Å². The summed E-state index contributed by atoms with van der Waals surface area (Å²) in [4.78, 5) is 16.3. The number of carbonyl (C=O) groups is 1. The molecule has 1 aliphatic rings. The predicted molar refractivity (Wildman–Crippen MR) is 91.6 cm³/mol. The van der Waals surface area contributed by atoms with E-state index in [0.717, 1.165) is 31.2 Å². The summed E-state index contributed by atoms with van der Waals surface area (Å²) >= 11 is 1.57. The van der Waals surface area contributed by atoms with Crippen LogP contribution in [0.5, 0.6) is 0 Å². The van der Waals surface area contributed by atoms with Crippen molar-refractivity contribution < 1.29 is 14.4 Å². The summed E-state index contributed by atoms with van der Waals surface area (Å²) in [5.41, 5.74) is 0.179. The first kappa shape index (κ1) is 17.1. The smallest absolute Gasteiger partial charge is 0.227 e. The molecule has 0 unspecified atom stereocenters. The van der Waals surface area contributed by atoms with Crippen molar-refractivity contribution in [2.75, 3.05) is 6.54 Å². The largest absolute Gasteiger partial charge is 0.388 e. The molecule has 2 heterocycles. The van der Waals surface area contributed by atoms with Crippen LogP contribution in [0.25, 0.3) is 11.4 Å². The van der Waals surface area contributed by atoms with Crippen LogP contribution in [-0.2, 0) is 11.2 Å². The quantitative estimate of drug-likeness (QED) is 0.783. The number of carbonyl (C=O) groups excluding carboxylic acids is 1. The fourth-order valence-corrected chi connectivity index (χ4v) is 3.64. The highest BCUT2D eigenvalue weighted by molar-refractivity contribution is 7.08. The summed E-state index contributed by atoms with van der Waals surface area (Å²) in [6.07, 6.45) is 6.60. The highest BCUT2D eigenvalue weighted by Gasteiger charge is 2.28. The molecular weight excluding hydrogens is 326 g/mol. The first-order valence-electron chi connectivity index (χ1n) is 8.49. The van der Waals surface area contributed by atoms with E-state index in [1.807, 2.05) is 16.8 Å². The molecule has 0 saturated heterocycles. The van der Waals surface area contributed by atoms with Crippen LogP contribution in [0.4, 0.5) is 0 Å². The van der Waals surface area contributed by atoms with Crippen molar-refractivity contribution >= 4 is 17.2 Å². The van der Waals surface area contributed by atoms with Gasteiger partial charge in [0.15, 0.2) is 0 Å². The van der Waals surface area contributed by atoms with Gasteiger partial charge in [-0.3, -0.25) is 4.79 Å². The molecule has 6 nitrogen and oxygen atoms in total. The Balaban J connectivity index is 1.44. The minimum Gasteiger partial charge on any atom is -0.388 e. The van der Waals surface area contributed by atoms with E-state index in [4.69, 9.17) is 4.52 Å². The summed E-state index contributed by atoms with van der Waals surface area (Å²) < 4.78 is 5.18. The zero-order chi connectivity index (χ0) is 16.8. The third-order valence-corrected chi connectivity index (χ3v) is 5.15. The maximum atomic E-state index is 12.0. The molecule has 0 atom stereocenters. The molecule has 130 valence electrons. The van der Waals surface area contributed by atoms with E-state index in [1.54, 1.807) is 11.3 Å².